The van der Waals surface area contributed by atoms with Crippen LogP contribution in [0.4, 0.5) is 5.69 Å². The monoisotopic (exact) mass is 654 g/mol. The zero-order valence-electron chi connectivity index (χ0n) is 20.8. The Kier molecular flexibility index (Phi) is 8.19. The van der Waals surface area contributed by atoms with Crippen LogP contribution in [0.25, 0.3) is 0 Å². The first-order valence-electron chi connectivity index (χ1n) is 12.2. The second-order valence-corrected chi connectivity index (χ2v) is 12.0. The summed E-state index contributed by atoms with van der Waals surface area (Å²) in [5.74, 6) is 1.16. The lowest BCUT2D eigenvalue weighted by Crippen LogP contribution is -2.49. The Bertz CT molecular complexity index is 1440. The molecular weight excluding hydrogens is 631 g/mol. The van der Waals surface area contributed by atoms with Gasteiger partial charge < -0.3 is 19.5 Å². The lowest BCUT2D eigenvalue weighted by atomic mass is 10.2. The quantitative estimate of drug-likeness (QED) is 0.236. The van der Waals surface area contributed by atoms with E-state index in [0.717, 1.165) is 22.7 Å². The molecule has 12 heteroatoms. The number of anilines is 1. The van der Waals surface area contributed by atoms with Crippen LogP contribution in [0.3, 0.4) is 0 Å². The number of benzene rings is 3. The molecule has 0 spiro atoms. The molecule has 8 nitrogen and oxygen atoms in total. The van der Waals surface area contributed by atoms with E-state index in [9.17, 15) is 13.2 Å². The molecule has 1 amide bonds. The van der Waals surface area contributed by atoms with Crippen LogP contribution < -0.4 is 23.8 Å². The van der Waals surface area contributed by atoms with Gasteiger partial charge in [-0.05, 0) is 67.6 Å². The van der Waals surface area contributed by atoms with Gasteiger partial charge in [0.05, 0.1) is 22.8 Å². The van der Waals surface area contributed by atoms with Gasteiger partial charge >= 0.3 is 0 Å². The first kappa shape index (κ1) is 27.9. The number of thiol groups is 1. The van der Waals surface area contributed by atoms with Crippen molar-refractivity contribution in [2.75, 3.05) is 11.4 Å². The maximum atomic E-state index is 13.2. The van der Waals surface area contributed by atoms with Crippen LogP contribution in [-0.2, 0) is 22.3 Å². The summed E-state index contributed by atoms with van der Waals surface area (Å²) >= 11 is 16.0. The number of rotatable bonds is 11. The summed E-state index contributed by atoms with van der Waals surface area (Å²) in [6.45, 7) is 0.159. The van der Waals surface area contributed by atoms with Gasteiger partial charge in [0, 0.05) is 16.6 Å². The zero-order chi connectivity index (χ0) is 27.7. The average Bonchev–Trinajstić information content (AvgIpc) is 3.83. The Morgan fingerprint density at radius 3 is 2.26 bits per heavy atom. The highest BCUT2D eigenvalue weighted by atomic mass is 79.9. The number of methoxy groups -OCH3 is 1. The van der Waals surface area contributed by atoms with Crippen molar-refractivity contribution in [2.45, 2.75) is 43.9 Å². The molecule has 1 N–H and O–H groups in total. The minimum absolute atomic E-state index is 0.0866. The van der Waals surface area contributed by atoms with Crippen molar-refractivity contribution in [3.63, 3.8) is 0 Å². The van der Waals surface area contributed by atoms with Gasteiger partial charge in [-0.2, -0.15) is 0 Å². The van der Waals surface area contributed by atoms with Gasteiger partial charge in [-0.3, -0.25) is 9.10 Å². The van der Waals surface area contributed by atoms with Gasteiger partial charge in [-0.25, -0.2) is 8.42 Å². The van der Waals surface area contributed by atoms with Gasteiger partial charge in [0.25, 0.3) is 0 Å². The van der Waals surface area contributed by atoms with Crippen LogP contribution in [0.15, 0.2) is 59.1 Å². The zero-order valence-corrected chi connectivity index (χ0v) is 24.8. The predicted molar refractivity (Wildman–Crippen MR) is 154 cm³/mol. The van der Waals surface area contributed by atoms with Crippen molar-refractivity contribution in [1.29, 1.82) is 0 Å². The van der Waals surface area contributed by atoms with Crippen molar-refractivity contribution in [3.05, 3.63) is 74.7 Å². The smallest absolute Gasteiger partial charge is 0.247 e. The second-order valence-electron chi connectivity index (χ2n) is 9.40. The molecule has 0 saturated heterocycles. The Hall–Kier alpha value is -2.66. The highest BCUT2D eigenvalue weighted by Gasteiger charge is 2.57. The molecule has 3 aromatic rings. The van der Waals surface area contributed by atoms with Crippen molar-refractivity contribution in [1.82, 2.24) is 5.32 Å². The fraction of sp³-hybridized carbons (Fsp3) is 0.296. The van der Waals surface area contributed by atoms with Crippen LogP contribution in [0.1, 0.15) is 31.2 Å². The lowest BCUT2D eigenvalue weighted by Gasteiger charge is -2.29. The third-order valence-electron chi connectivity index (χ3n) is 6.52. The first-order chi connectivity index (χ1) is 18.7. The number of nitrogens with one attached hydrogen (secondary N) is 1. The number of amides is 1. The Morgan fingerprint density at radius 2 is 1.69 bits per heavy atom. The first-order valence-corrected chi connectivity index (χ1v) is 14.9. The molecule has 206 valence electrons. The summed E-state index contributed by atoms with van der Waals surface area (Å²) in [6.07, 6.45) is 2.56. The summed E-state index contributed by atoms with van der Waals surface area (Å²) in [5, 5.41) is 3.49. The SMILES string of the molecule is COc1ccc(COc2ccc(Oc3c(Cl)cc(Br)cc3Cl)cc2N([SH](=O)=O)C2(C(=O)NC3CC3)CC2)cc1. The van der Waals surface area contributed by atoms with E-state index in [-0.39, 0.29) is 51.5 Å². The number of hydrogen-bond donors (Lipinski definition) is 2. The van der Waals surface area contributed by atoms with E-state index >= 15 is 0 Å². The normalized spacial score (nSPS) is 15.5. The summed E-state index contributed by atoms with van der Waals surface area (Å²) in [5.41, 5.74) is -0.187. The average molecular weight is 656 g/mol. The molecule has 0 aliphatic heterocycles. The minimum atomic E-state index is -3.22. The molecule has 0 radical (unpaired) electrons. The predicted octanol–water partition coefficient (Wildman–Crippen LogP) is 6.28. The molecule has 3 aromatic carbocycles. The van der Waals surface area contributed by atoms with Crippen molar-refractivity contribution in [3.8, 4) is 23.0 Å². The second kappa shape index (κ2) is 11.4. The van der Waals surface area contributed by atoms with Gasteiger partial charge in [0.1, 0.15) is 29.4 Å². The molecule has 0 atom stereocenters. The van der Waals surface area contributed by atoms with Gasteiger partial charge in [0.2, 0.25) is 16.8 Å². The van der Waals surface area contributed by atoms with E-state index in [1.807, 2.05) is 24.3 Å². The van der Waals surface area contributed by atoms with Crippen molar-refractivity contribution < 1.29 is 27.4 Å². The number of hydrogen-bond acceptors (Lipinski definition) is 6. The number of nitrogens with zero attached hydrogens (tertiary/aromatic N) is 1. The van der Waals surface area contributed by atoms with E-state index in [0.29, 0.717) is 23.1 Å². The molecule has 2 saturated carbocycles. The van der Waals surface area contributed by atoms with E-state index in [1.165, 1.54) is 6.07 Å². The van der Waals surface area contributed by atoms with Crippen molar-refractivity contribution in [2.24, 2.45) is 0 Å². The van der Waals surface area contributed by atoms with Crippen LogP contribution in [0.5, 0.6) is 23.0 Å². The lowest BCUT2D eigenvalue weighted by molar-refractivity contribution is -0.123. The molecule has 2 aliphatic rings. The minimum Gasteiger partial charge on any atom is -0.497 e. The third-order valence-corrected chi connectivity index (χ3v) is 8.47. The highest BCUT2D eigenvalue weighted by Crippen LogP contribution is 2.49. The topological polar surface area (TPSA) is 94.2 Å². The third kappa shape index (κ3) is 6.24. The summed E-state index contributed by atoms with van der Waals surface area (Å²) in [4.78, 5) is 13.2. The fourth-order valence-electron chi connectivity index (χ4n) is 4.15. The molecule has 39 heavy (non-hydrogen) atoms. The van der Waals surface area contributed by atoms with Gasteiger partial charge in [-0.1, -0.05) is 51.3 Å². The van der Waals surface area contributed by atoms with E-state index in [2.05, 4.69) is 21.2 Å². The maximum absolute atomic E-state index is 13.2. The van der Waals surface area contributed by atoms with Crippen LogP contribution in [-0.4, -0.2) is 33.0 Å². The molecular formula is C27H25BrCl2N2O6S. The molecule has 0 heterocycles. The van der Waals surface area contributed by atoms with E-state index < -0.39 is 16.4 Å². The van der Waals surface area contributed by atoms with E-state index in [4.69, 9.17) is 37.4 Å². The number of carbonyl (C=O) groups excluding carboxylic acids is 1. The van der Waals surface area contributed by atoms with Crippen molar-refractivity contribution >= 4 is 61.6 Å². The maximum Gasteiger partial charge on any atom is 0.247 e. The van der Waals surface area contributed by atoms with Gasteiger partial charge in [0.15, 0.2) is 5.75 Å². The Morgan fingerprint density at radius 1 is 1.05 bits per heavy atom. The van der Waals surface area contributed by atoms with Crippen LogP contribution in [0, 0.1) is 0 Å². The van der Waals surface area contributed by atoms with Crippen LogP contribution in [0.2, 0.25) is 10.0 Å². The Labute approximate surface area is 246 Å². The fourth-order valence-corrected chi connectivity index (χ4v) is 6.37. The number of halogens is 3. The summed E-state index contributed by atoms with van der Waals surface area (Å²) < 4.78 is 44.6. The summed E-state index contributed by atoms with van der Waals surface area (Å²) in [6, 6.07) is 15.4. The number of carbonyl (C=O) groups is 1. The Balaban J connectivity index is 1.51. The molecule has 0 aromatic heterocycles. The molecule has 2 fully saturated rings. The number of ether oxygens (including phenoxy) is 3. The van der Waals surface area contributed by atoms with Gasteiger partial charge in [-0.15, -0.1) is 0 Å². The molecule has 5 rings (SSSR count). The van der Waals surface area contributed by atoms with Crippen LogP contribution >= 0.6 is 39.1 Å². The highest BCUT2D eigenvalue weighted by molar-refractivity contribution is 9.10. The standard InChI is InChI=1S/C27H25BrCl2N2O6S/c1-36-19-6-2-16(3-7-19)15-37-24-9-8-20(38-25-21(29)12-17(28)13-22(25)30)14-23(24)32(39(34)35)27(10-11-27)26(33)31-18-4-5-18/h2-3,6-9,12-14,18,39H,4-5,10-11,15H2,1H3,(H,31,33). The largest absolute Gasteiger partial charge is 0.497 e. The van der Waals surface area contributed by atoms with E-state index in [1.54, 1.807) is 31.4 Å². The summed E-state index contributed by atoms with van der Waals surface area (Å²) in [7, 11) is -1.63. The molecule has 2 aliphatic carbocycles. The molecule has 0 bridgehead atoms. The molecule has 0 unspecified atom stereocenters.